The molecule has 0 atom stereocenters. The third kappa shape index (κ3) is 1.52. The second-order valence-electron chi connectivity index (χ2n) is 4.68. The Morgan fingerprint density at radius 1 is 0.947 bits per heavy atom. The molecule has 0 N–H and O–H groups in total. The minimum absolute atomic E-state index is 1.21. The van der Waals surface area contributed by atoms with Crippen LogP contribution in [-0.4, -0.2) is 4.57 Å². The van der Waals surface area contributed by atoms with Gasteiger partial charge in [-0.25, -0.2) is 4.57 Å². The molecule has 2 nitrogen and oxygen atoms in total. The summed E-state index contributed by atoms with van der Waals surface area (Å²) < 4.78 is 5.81. The summed E-state index contributed by atoms with van der Waals surface area (Å²) in [5.74, 6) is 0. The van der Waals surface area contributed by atoms with E-state index >= 15 is 0 Å². The van der Waals surface area contributed by atoms with Crippen molar-refractivity contribution in [3.8, 4) is 5.69 Å². The maximum Gasteiger partial charge on any atom is 0.250 e. The van der Waals surface area contributed by atoms with Crippen LogP contribution in [0.4, 0.5) is 0 Å². The van der Waals surface area contributed by atoms with Gasteiger partial charge in [0.25, 0.3) is 0 Å². The summed E-state index contributed by atoms with van der Waals surface area (Å²) in [6, 6.07) is 19.1. The first-order valence-electron chi connectivity index (χ1n) is 6.28. The van der Waals surface area contributed by atoms with Gasteiger partial charge >= 0.3 is 0 Å². The maximum absolute atomic E-state index is 2.27. The van der Waals surface area contributed by atoms with E-state index in [1.165, 1.54) is 26.1 Å². The molecule has 0 radical (unpaired) electrons. The molecule has 0 aliphatic carbocycles. The highest BCUT2D eigenvalue weighted by atomic mass is 32.1. The SMILES string of the molecule is C[n+]1cn(-c2ccccc2)c2c3ccccc3sc21. The third-order valence-electron chi connectivity index (χ3n) is 3.44. The summed E-state index contributed by atoms with van der Waals surface area (Å²) in [5.41, 5.74) is 2.51. The number of aryl methyl sites for hydroxylation is 1. The average molecular weight is 265 g/mol. The number of hydrogen-bond acceptors (Lipinski definition) is 1. The van der Waals surface area contributed by atoms with Crippen LogP contribution in [-0.2, 0) is 7.05 Å². The van der Waals surface area contributed by atoms with Crippen LogP contribution in [0, 0.1) is 0 Å². The van der Waals surface area contributed by atoms with E-state index in [4.69, 9.17) is 0 Å². The van der Waals surface area contributed by atoms with Crippen molar-refractivity contribution >= 4 is 31.8 Å². The molecule has 0 spiro atoms. The predicted octanol–water partition coefficient (Wildman–Crippen LogP) is 3.67. The summed E-state index contributed by atoms with van der Waals surface area (Å²) in [4.78, 5) is 1.31. The van der Waals surface area contributed by atoms with E-state index in [1.54, 1.807) is 0 Å². The minimum Gasteiger partial charge on any atom is -0.224 e. The van der Waals surface area contributed by atoms with E-state index in [2.05, 4.69) is 77.1 Å². The quantitative estimate of drug-likeness (QED) is 0.464. The van der Waals surface area contributed by atoms with E-state index in [0.717, 1.165) is 0 Å². The second-order valence-corrected chi connectivity index (χ2v) is 5.71. The Morgan fingerprint density at radius 2 is 1.68 bits per heavy atom. The number of rotatable bonds is 1. The first kappa shape index (κ1) is 10.8. The van der Waals surface area contributed by atoms with Crippen molar-refractivity contribution in [3.63, 3.8) is 0 Å². The van der Waals surface area contributed by atoms with Crippen LogP contribution in [0.25, 0.3) is 26.1 Å². The van der Waals surface area contributed by atoms with Gasteiger partial charge in [-0.3, -0.25) is 0 Å². The first-order valence-corrected chi connectivity index (χ1v) is 7.10. The van der Waals surface area contributed by atoms with Gasteiger partial charge in [-0.1, -0.05) is 41.7 Å². The molecule has 0 unspecified atom stereocenters. The highest BCUT2D eigenvalue weighted by molar-refractivity contribution is 7.25. The van der Waals surface area contributed by atoms with Crippen LogP contribution in [0.5, 0.6) is 0 Å². The highest BCUT2D eigenvalue weighted by Gasteiger charge is 2.20. The molecule has 0 amide bonds. The molecule has 2 heterocycles. The molecule has 4 rings (SSSR count). The lowest BCUT2D eigenvalue weighted by Crippen LogP contribution is -2.24. The fourth-order valence-corrected chi connectivity index (χ4v) is 3.68. The molecular weight excluding hydrogens is 252 g/mol. The molecular formula is C16H13N2S+. The Bertz CT molecular complexity index is 872. The van der Waals surface area contributed by atoms with Crippen LogP contribution in [0.2, 0.25) is 0 Å². The Labute approximate surface area is 115 Å². The van der Waals surface area contributed by atoms with Crippen LogP contribution in [0.15, 0.2) is 60.9 Å². The molecule has 0 saturated heterocycles. The van der Waals surface area contributed by atoms with Gasteiger partial charge in [0.15, 0.2) is 5.52 Å². The lowest BCUT2D eigenvalue weighted by Gasteiger charge is -1.96. The zero-order chi connectivity index (χ0) is 12.8. The minimum atomic E-state index is 1.21. The van der Waals surface area contributed by atoms with Gasteiger partial charge in [-0.2, -0.15) is 4.57 Å². The summed E-state index contributed by atoms with van der Waals surface area (Å²) >= 11 is 1.85. The standard InChI is InChI=1S/C16H13N2S/c1-17-11-18(12-7-3-2-4-8-12)15-13-9-5-6-10-14(13)19-16(15)17/h2-11H,1H3/q+1. The van der Waals surface area contributed by atoms with Crippen LogP contribution in [0.3, 0.4) is 0 Å². The number of imidazole rings is 1. The molecule has 0 fully saturated rings. The van der Waals surface area contributed by atoms with Gasteiger partial charge in [-0.15, -0.1) is 0 Å². The second kappa shape index (κ2) is 3.93. The van der Waals surface area contributed by atoms with Gasteiger partial charge < -0.3 is 0 Å². The molecule has 2 aromatic heterocycles. The number of nitrogens with zero attached hydrogens (tertiary/aromatic N) is 2. The van der Waals surface area contributed by atoms with Crippen LogP contribution in [0.1, 0.15) is 0 Å². The van der Waals surface area contributed by atoms with E-state index < -0.39 is 0 Å². The van der Waals surface area contributed by atoms with Gasteiger partial charge in [0.1, 0.15) is 5.69 Å². The summed E-state index contributed by atoms with van der Waals surface area (Å²) in [7, 11) is 2.11. The van der Waals surface area contributed by atoms with Crippen LogP contribution < -0.4 is 4.57 Å². The van der Waals surface area contributed by atoms with E-state index in [9.17, 15) is 0 Å². The van der Waals surface area contributed by atoms with Gasteiger partial charge in [0.05, 0.1) is 7.05 Å². The Balaban J connectivity index is 2.17. The maximum atomic E-state index is 2.27. The van der Waals surface area contributed by atoms with Crippen molar-refractivity contribution in [1.29, 1.82) is 0 Å². The molecule has 0 aliphatic rings. The fraction of sp³-hybridized carbons (Fsp3) is 0.0625. The molecule has 2 aromatic carbocycles. The zero-order valence-corrected chi connectivity index (χ0v) is 11.4. The molecule has 0 aliphatic heterocycles. The molecule has 0 bridgehead atoms. The van der Waals surface area contributed by atoms with Crippen molar-refractivity contribution in [2.75, 3.05) is 0 Å². The Morgan fingerprint density at radius 3 is 2.53 bits per heavy atom. The first-order chi connectivity index (χ1) is 9.34. The van der Waals surface area contributed by atoms with Crippen molar-refractivity contribution in [1.82, 2.24) is 4.57 Å². The summed E-state index contributed by atoms with van der Waals surface area (Å²) in [6.07, 6.45) is 2.16. The normalized spacial score (nSPS) is 11.4. The van der Waals surface area contributed by atoms with Crippen molar-refractivity contribution in [2.24, 2.45) is 7.05 Å². The van der Waals surface area contributed by atoms with Gasteiger partial charge in [0.2, 0.25) is 11.2 Å². The average Bonchev–Trinajstić information content (AvgIpc) is 2.98. The predicted molar refractivity (Wildman–Crippen MR) is 79.8 cm³/mol. The highest BCUT2D eigenvalue weighted by Crippen LogP contribution is 2.33. The largest absolute Gasteiger partial charge is 0.250 e. The van der Waals surface area contributed by atoms with Gasteiger partial charge in [0, 0.05) is 10.1 Å². The zero-order valence-electron chi connectivity index (χ0n) is 10.6. The molecule has 0 saturated carbocycles. The van der Waals surface area contributed by atoms with Crippen molar-refractivity contribution in [3.05, 3.63) is 60.9 Å². The van der Waals surface area contributed by atoms with Crippen LogP contribution >= 0.6 is 11.3 Å². The monoisotopic (exact) mass is 265 g/mol. The fourth-order valence-electron chi connectivity index (χ4n) is 2.56. The smallest absolute Gasteiger partial charge is 0.224 e. The van der Waals surface area contributed by atoms with E-state index in [0.29, 0.717) is 0 Å². The topological polar surface area (TPSA) is 8.81 Å². The molecule has 4 aromatic rings. The number of hydrogen-bond donors (Lipinski definition) is 0. The van der Waals surface area contributed by atoms with Crippen molar-refractivity contribution < 1.29 is 4.57 Å². The number of aromatic nitrogens is 2. The summed E-state index contributed by atoms with van der Waals surface area (Å²) in [5, 5.41) is 1.33. The number of thiophene rings is 1. The lowest BCUT2D eigenvalue weighted by atomic mass is 10.2. The lowest BCUT2D eigenvalue weighted by molar-refractivity contribution is -0.643. The number of para-hydroxylation sites is 1. The van der Waals surface area contributed by atoms with E-state index in [1.807, 2.05) is 11.3 Å². The number of fused-ring (bicyclic) bond motifs is 3. The third-order valence-corrected chi connectivity index (χ3v) is 4.69. The van der Waals surface area contributed by atoms with Gasteiger partial charge in [-0.05, 0) is 24.3 Å². The Kier molecular flexibility index (Phi) is 2.23. The number of benzene rings is 2. The molecule has 19 heavy (non-hydrogen) atoms. The molecule has 92 valence electrons. The van der Waals surface area contributed by atoms with Crippen molar-refractivity contribution in [2.45, 2.75) is 0 Å². The summed E-state index contributed by atoms with van der Waals surface area (Å²) in [6.45, 7) is 0. The molecule has 3 heteroatoms. The Hall–Kier alpha value is -2.13. The van der Waals surface area contributed by atoms with E-state index in [-0.39, 0.29) is 0 Å².